The molecule has 3 nitrogen and oxygen atoms in total. The molecule has 1 rings (SSSR count). The minimum Gasteiger partial charge on any atom is -0.355 e. The van der Waals surface area contributed by atoms with Gasteiger partial charge in [0.2, 0.25) is 0 Å². The zero-order chi connectivity index (χ0) is 13.2. The summed E-state index contributed by atoms with van der Waals surface area (Å²) in [6, 6.07) is 0. The lowest BCUT2D eigenvalue weighted by Gasteiger charge is -2.44. The molecule has 0 bridgehead atoms. The van der Waals surface area contributed by atoms with E-state index in [0.717, 1.165) is 12.0 Å². The van der Waals surface area contributed by atoms with Gasteiger partial charge in [-0.25, -0.2) is 0 Å². The maximum absolute atomic E-state index is 12.4. The van der Waals surface area contributed by atoms with Gasteiger partial charge in [-0.2, -0.15) is 0 Å². The topological polar surface area (TPSA) is 35.5 Å². The maximum atomic E-state index is 12.4. The molecule has 1 aliphatic carbocycles. The summed E-state index contributed by atoms with van der Waals surface area (Å²) in [5.41, 5.74) is 0.550. The Hall–Kier alpha value is -0.670. The fourth-order valence-corrected chi connectivity index (χ4v) is 2.80. The number of ether oxygens (including phenoxy) is 2. The Morgan fingerprint density at radius 2 is 2.00 bits per heavy atom. The number of allylic oxidation sites excluding steroid dienone is 1. The van der Waals surface area contributed by atoms with E-state index in [9.17, 15) is 4.79 Å². The molecule has 1 saturated carbocycles. The van der Waals surface area contributed by atoms with Crippen LogP contribution in [0.2, 0.25) is 0 Å². The number of carbonyl (C=O) groups is 1. The Labute approximate surface area is 104 Å². The number of ketones is 1. The summed E-state index contributed by atoms with van der Waals surface area (Å²) in [6.45, 7) is 10.0. The summed E-state index contributed by atoms with van der Waals surface area (Å²) in [4.78, 5) is 12.4. The molecule has 17 heavy (non-hydrogen) atoms. The van der Waals surface area contributed by atoms with E-state index in [-0.39, 0.29) is 11.7 Å². The Kier molecular flexibility index (Phi) is 4.50. The summed E-state index contributed by atoms with van der Waals surface area (Å²) in [5, 5.41) is 0. The zero-order valence-corrected chi connectivity index (χ0v) is 11.6. The summed E-state index contributed by atoms with van der Waals surface area (Å²) in [6.07, 6.45) is 1.07. The van der Waals surface area contributed by atoms with Crippen LogP contribution in [0.5, 0.6) is 0 Å². The van der Waals surface area contributed by atoms with Crippen molar-refractivity contribution in [1.29, 1.82) is 0 Å². The van der Waals surface area contributed by atoms with Crippen molar-refractivity contribution in [3.8, 4) is 0 Å². The van der Waals surface area contributed by atoms with Gasteiger partial charge in [-0.05, 0) is 32.1 Å². The zero-order valence-electron chi connectivity index (χ0n) is 11.6. The van der Waals surface area contributed by atoms with Crippen molar-refractivity contribution in [3.05, 3.63) is 12.2 Å². The maximum Gasteiger partial charge on any atom is 0.169 e. The molecular weight excluding hydrogens is 216 g/mol. The Balaban J connectivity index is 2.95. The second kappa shape index (κ2) is 5.32. The van der Waals surface area contributed by atoms with Gasteiger partial charge in [0.1, 0.15) is 5.78 Å². The van der Waals surface area contributed by atoms with Gasteiger partial charge in [-0.3, -0.25) is 4.79 Å². The first-order valence-electron chi connectivity index (χ1n) is 6.12. The smallest absolute Gasteiger partial charge is 0.169 e. The molecule has 98 valence electrons. The van der Waals surface area contributed by atoms with Crippen LogP contribution < -0.4 is 0 Å². The fourth-order valence-electron chi connectivity index (χ4n) is 2.80. The first-order valence-corrected chi connectivity index (χ1v) is 6.12. The van der Waals surface area contributed by atoms with E-state index in [2.05, 4.69) is 13.5 Å². The Bertz CT molecular complexity index is 307. The van der Waals surface area contributed by atoms with Crippen molar-refractivity contribution in [2.24, 2.45) is 17.3 Å². The average molecular weight is 240 g/mol. The molecule has 0 unspecified atom stereocenters. The lowest BCUT2D eigenvalue weighted by atomic mass is 9.62. The fraction of sp³-hybridized carbons (Fsp3) is 0.786. The highest BCUT2D eigenvalue weighted by molar-refractivity contribution is 5.86. The molecule has 0 aromatic heterocycles. The second-order valence-corrected chi connectivity index (χ2v) is 5.39. The third-order valence-corrected chi connectivity index (χ3v) is 4.31. The van der Waals surface area contributed by atoms with E-state index in [1.807, 2.05) is 13.8 Å². The van der Waals surface area contributed by atoms with Crippen LogP contribution in [-0.2, 0) is 14.3 Å². The largest absolute Gasteiger partial charge is 0.355 e. The minimum absolute atomic E-state index is 0.220. The van der Waals surface area contributed by atoms with Gasteiger partial charge >= 0.3 is 0 Å². The van der Waals surface area contributed by atoms with Crippen molar-refractivity contribution in [2.75, 3.05) is 14.2 Å². The van der Waals surface area contributed by atoms with Crippen LogP contribution in [0.4, 0.5) is 0 Å². The first-order chi connectivity index (χ1) is 7.87. The summed E-state index contributed by atoms with van der Waals surface area (Å²) in [5.74, 6) is 0.758. The summed E-state index contributed by atoms with van der Waals surface area (Å²) in [7, 11) is 3.18. The summed E-state index contributed by atoms with van der Waals surface area (Å²) >= 11 is 0. The molecular formula is C14H24O3. The number of hydrogen-bond donors (Lipinski definition) is 0. The van der Waals surface area contributed by atoms with Crippen LogP contribution in [0.3, 0.4) is 0 Å². The lowest BCUT2D eigenvalue weighted by Crippen LogP contribution is -2.50. The third kappa shape index (κ3) is 2.45. The Morgan fingerprint density at radius 3 is 2.35 bits per heavy atom. The van der Waals surface area contributed by atoms with Crippen molar-refractivity contribution in [2.45, 2.75) is 39.9 Å². The van der Waals surface area contributed by atoms with E-state index in [1.54, 1.807) is 14.2 Å². The standard InChI is InChI=1S/C14H24O3/c1-9(2)11-7-10(3)14(4,12(15)8-11)13(16-5)17-6/h10-11,13H,1,7-8H2,2-6H3/t10-,11-,14+/m1/s1. The molecule has 0 N–H and O–H groups in total. The highest BCUT2D eigenvalue weighted by Crippen LogP contribution is 2.45. The highest BCUT2D eigenvalue weighted by atomic mass is 16.7. The van der Waals surface area contributed by atoms with E-state index in [4.69, 9.17) is 9.47 Å². The van der Waals surface area contributed by atoms with Crippen LogP contribution >= 0.6 is 0 Å². The molecule has 0 heterocycles. The van der Waals surface area contributed by atoms with E-state index < -0.39 is 11.7 Å². The van der Waals surface area contributed by atoms with Gasteiger partial charge in [0.05, 0.1) is 5.41 Å². The molecule has 0 radical (unpaired) electrons. The predicted octanol–water partition coefficient (Wildman–Crippen LogP) is 2.80. The molecule has 0 aromatic carbocycles. The molecule has 0 aromatic rings. The predicted molar refractivity (Wildman–Crippen MR) is 67.6 cm³/mol. The molecule has 0 amide bonds. The van der Waals surface area contributed by atoms with Gasteiger partial charge in [0.25, 0.3) is 0 Å². The van der Waals surface area contributed by atoms with Crippen LogP contribution in [0.25, 0.3) is 0 Å². The van der Waals surface area contributed by atoms with Gasteiger partial charge in [0, 0.05) is 20.6 Å². The molecule has 1 fully saturated rings. The summed E-state index contributed by atoms with van der Waals surface area (Å²) < 4.78 is 10.6. The van der Waals surface area contributed by atoms with Crippen molar-refractivity contribution in [1.82, 2.24) is 0 Å². The molecule has 0 saturated heterocycles. The first kappa shape index (κ1) is 14.4. The van der Waals surface area contributed by atoms with Gasteiger partial charge in [-0.1, -0.05) is 19.1 Å². The van der Waals surface area contributed by atoms with Gasteiger partial charge < -0.3 is 9.47 Å². The van der Waals surface area contributed by atoms with E-state index in [1.165, 1.54) is 0 Å². The van der Waals surface area contributed by atoms with Crippen LogP contribution in [0, 0.1) is 17.3 Å². The Morgan fingerprint density at radius 1 is 1.47 bits per heavy atom. The minimum atomic E-state index is -0.546. The molecule has 1 aliphatic rings. The molecule has 0 aliphatic heterocycles. The SMILES string of the molecule is C=C(C)[C@H]1CC(=O)[C@@](C)(C(OC)OC)[C@H](C)C1. The molecule has 0 spiro atoms. The highest BCUT2D eigenvalue weighted by Gasteiger charge is 2.50. The van der Waals surface area contributed by atoms with Gasteiger partial charge in [-0.15, -0.1) is 0 Å². The molecule has 3 heteroatoms. The van der Waals surface area contributed by atoms with E-state index >= 15 is 0 Å². The number of carbonyl (C=O) groups excluding carboxylic acids is 1. The average Bonchev–Trinajstić information content (AvgIpc) is 2.27. The second-order valence-electron chi connectivity index (χ2n) is 5.39. The van der Waals surface area contributed by atoms with Crippen molar-refractivity contribution >= 4 is 5.78 Å². The number of rotatable bonds is 4. The monoisotopic (exact) mass is 240 g/mol. The number of Topliss-reactive ketones (excluding diaryl/α,β-unsaturated/α-hetero) is 1. The third-order valence-electron chi connectivity index (χ3n) is 4.31. The van der Waals surface area contributed by atoms with Crippen LogP contribution in [-0.4, -0.2) is 26.3 Å². The van der Waals surface area contributed by atoms with E-state index in [0.29, 0.717) is 12.3 Å². The number of methoxy groups -OCH3 is 2. The van der Waals surface area contributed by atoms with Crippen molar-refractivity contribution < 1.29 is 14.3 Å². The quantitative estimate of drug-likeness (QED) is 0.560. The normalized spacial score (nSPS) is 34.1. The molecule has 3 atom stereocenters. The van der Waals surface area contributed by atoms with Crippen molar-refractivity contribution in [3.63, 3.8) is 0 Å². The van der Waals surface area contributed by atoms with Crippen LogP contribution in [0.1, 0.15) is 33.6 Å². The lowest BCUT2D eigenvalue weighted by molar-refractivity contribution is -0.199. The van der Waals surface area contributed by atoms with Crippen LogP contribution in [0.15, 0.2) is 12.2 Å². The number of hydrogen-bond acceptors (Lipinski definition) is 3. The van der Waals surface area contributed by atoms with Gasteiger partial charge in [0.15, 0.2) is 6.29 Å².